The first-order valence-corrected chi connectivity index (χ1v) is 8.87. The van der Waals surface area contributed by atoms with Gasteiger partial charge in [-0.15, -0.1) is 0 Å². The maximum atomic E-state index is 13.3. The third kappa shape index (κ3) is 3.30. The number of hydrogen-bond donors (Lipinski definition) is 1. The van der Waals surface area contributed by atoms with Crippen LogP contribution in [0.4, 0.5) is 18.9 Å². The van der Waals surface area contributed by atoms with Crippen LogP contribution in [0.5, 0.6) is 0 Å². The molecule has 0 atom stereocenters. The minimum atomic E-state index is -4.79. The lowest BCUT2D eigenvalue weighted by atomic mass is 10.1. The van der Waals surface area contributed by atoms with E-state index >= 15 is 0 Å². The Morgan fingerprint density at radius 3 is 2.27 bits per heavy atom. The molecular formula is C17H13F3N2O3S. The maximum Gasteiger partial charge on any atom is 0.417 e. The highest BCUT2D eigenvalue weighted by molar-refractivity contribution is 7.92. The molecule has 0 unspecified atom stereocenters. The fourth-order valence-electron chi connectivity index (χ4n) is 2.56. The Bertz CT molecular complexity index is 1140. The number of pyridine rings is 1. The fourth-order valence-corrected chi connectivity index (χ4v) is 3.65. The van der Waals surface area contributed by atoms with Crippen molar-refractivity contribution in [3.05, 3.63) is 70.5 Å². The molecule has 0 aliphatic rings. The second-order valence-corrected chi connectivity index (χ2v) is 7.29. The summed E-state index contributed by atoms with van der Waals surface area (Å²) in [6, 6.07) is 11.7. The molecule has 0 fully saturated rings. The van der Waals surface area contributed by atoms with Crippen LogP contribution in [-0.2, 0) is 23.2 Å². The number of aromatic nitrogens is 1. The van der Waals surface area contributed by atoms with E-state index in [0.29, 0.717) is 6.07 Å². The van der Waals surface area contributed by atoms with Crippen molar-refractivity contribution in [3.63, 3.8) is 0 Å². The molecule has 0 saturated carbocycles. The fraction of sp³-hybridized carbons (Fsp3) is 0.118. The molecule has 0 spiro atoms. The number of halogens is 3. The second-order valence-electron chi connectivity index (χ2n) is 5.60. The summed E-state index contributed by atoms with van der Waals surface area (Å²) in [7, 11) is -2.77. The van der Waals surface area contributed by atoms with Crippen molar-refractivity contribution < 1.29 is 21.6 Å². The normalized spacial score (nSPS) is 12.3. The van der Waals surface area contributed by atoms with E-state index in [-0.39, 0.29) is 21.5 Å². The molecule has 1 heterocycles. The van der Waals surface area contributed by atoms with E-state index in [1.54, 1.807) is 18.2 Å². The van der Waals surface area contributed by atoms with E-state index in [9.17, 15) is 26.4 Å². The zero-order valence-corrected chi connectivity index (χ0v) is 14.2. The van der Waals surface area contributed by atoms with Gasteiger partial charge in [-0.25, -0.2) is 8.42 Å². The van der Waals surface area contributed by atoms with Gasteiger partial charge in [0.05, 0.1) is 16.0 Å². The molecule has 2 aromatic carbocycles. The summed E-state index contributed by atoms with van der Waals surface area (Å²) < 4.78 is 68.2. The number of rotatable bonds is 3. The van der Waals surface area contributed by atoms with Crippen LogP contribution in [0.1, 0.15) is 5.56 Å². The summed E-state index contributed by atoms with van der Waals surface area (Å²) in [5.74, 6) is 0. The van der Waals surface area contributed by atoms with Gasteiger partial charge >= 0.3 is 6.18 Å². The van der Waals surface area contributed by atoms with Gasteiger partial charge in [-0.3, -0.25) is 9.52 Å². The number of fused-ring (bicyclic) bond motifs is 1. The Morgan fingerprint density at radius 2 is 1.65 bits per heavy atom. The molecule has 26 heavy (non-hydrogen) atoms. The Morgan fingerprint density at radius 1 is 1.00 bits per heavy atom. The van der Waals surface area contributed by atoms with Crippen molar-refractivity contribution >= 4 is 26.6 Å². The highest BCUT2D eigenvalue weighted by Crippen LogP contribution is 2.34. The molecule has 0 aliphatic heterocycles. The van der Waals surface area contributed by atoms with Gasteiger partial charge in [-0.05, 0) is 30.3 Å². The lowest BCUT2D eigenvalue weighted by Gasteiger charge is -2.14. The Balaban J connectivity index is 2.20. The van der Waals surface area contributed by atoms with E-state index in [2.05, 4.69) is 4.72 Å². The third-order valence-electron chi connectivity index (χ3n) is 3.86. The number of nitrogens with zero attached hydrogens (tertiary/aromatic N) is 1. The molecule has 0 aliphatic carbocycles. The van der Waals surface area contributed by atoms with Crippen LogP contribution in [0.15, 0.2) is 64.3 Å². The van der Waals surface area contributed by atoms with Gasteiger partial charge in [0.1, 0.15) is 0 Å². The highest BCUT2D eigenvalue weighted by atomic mass is 32.2. The van der Waals surface area contributed by atoms with Crippen molar-refractivity contribution in [2.75, 3.05) is 4.72 Å². The van der Waals surface area contributed by atoms with Crippen molar-refractivity contribution in [1.29, 1.82) is 0 Å². The summed E-state index contributed by atoms with van der Waals surface area (Å²) in [5, 5.41) is -0.365. The Labute approximate surface area is 146 Å². The first-order chi connectivity index (χ1) is 12.1. The molecule has 136 valence electrons. The molecule has 1 aromatic heterocycles. The summed E-state index contributed by atoms with van der Waals surface area (Å²) >= 11 is 0. The smallest absolute Gasteiger partial charge is 0.311 e. The molecule has 9 heteroatoms. The molecule has 3 aromatic rings. The lowest BCUT2D eigenvalue weighted by Crippen LogP contribution is -2.21. The topological polar surface area (TPSA) is 68.2 Å². The van der Waals surface area contributed by atoms with Crippen molar-refractivity contribution in [2.45, 2.75) is 11.1 Å². The van der Waals surface area contributed by atoms with Crippen molar-refractivity contribution in [2.24, 2.45) is 7.05 Å². The quantitative estimate of drug-likeness (QED) is 0.755. The maximum absolute atomic E-state index is 13.3. The minimum Gasteiger partial charge on any atom is -0.311 e. The zero-order chi connectivity index (χ0) is 19.1. The largest absolute Gasteiger partial charge is 0.417 e. The third-order valence-corrected chi connectivity index (χ3v) is 5.24. The van der Waals surface area contributed by atoms with Crippen LogP contribution in [-0.4, -0.2) is 13.0 Å². The van der Waals surface area contributed by atoms with Crippen LogP contribution >= 0.6 is 0 Å². The van der Waals surface area contributed by atoms with Gasteiger partial charge in [0, 0.05) is 24.2 Å². The molecule has 1 N–H and O–H groups in total. The number of para-hydroxylation sites is 1. The summed E-state index contributed by atoms with van der Waals surface area (Å²) in [6.45, 7) is 0. The first-order valence-electron chi connectivity index (χ1n) is 7.38. The number of hydrogen-bond acceptors (Lipinski definition) is 3. The number of nitrogens with one attached hydrogen (secondary N) is 1. The molecule has 0 radical (unpaired) electrons. The standard InChI is InChI=1S/C17H13F3N2O3S/c1-22-15-8-7-12(26(24,25)21-11-5-3-2-4-6-11)9-13(15)14(10-16(22)23)17(18,19)20/h2-10,21H,1H3. The molecule has 5 nitrogen and oxygen atoms in total. The number of benzene rings is 2. The second kappa shape index (κ2) is 6.17. The number of sulfonamides is 1. The van der Waals surface area contributed by atoms with Crippen LogP contribution in [0, 0.1) is 0 Å². The zero-order valence-electron chi connectivity index (χ0n) is 13.4. The minimum absolute atomic E-state index is 0.0107. The van der Waals surface area contributed by atoms with Crippen LogP contribution in [0.2, 0.25) is 0 Å². The predicted molar refractivity (Wildman–Crippen MR) is 91.4 cm³/mol. The molecule has 0 bridgehead atoms. The van der Waals surface area contributed by atoms with E-state index < -0.39 is 27.3 Å². The van der Waals surface area contributed by atoms with Gasteiger partial charge in [0.2, 0.25) is 0 Å². The monoisotopic (exact) mass is 382 g/mol. The summed E-state index contributed by atoms with van der Waals surface area (Å²) in [5.41, 5.74) is -1.73. The summed E-state index contributed by atoms with van der Waals surface area (Å²) in [4.78, 5) is 11.4. The van der Waals surface area contributed by atoms with E-state index in [4.69, 9.17) is 0 Å². The summed E-state index contributed by atoms with van der Waals surface area (Å²) in [6.07, 6.45) is -4.79. The van der Waals surface area contributed by atoms with Crippen molar-refractivity contribution in [1.82, 2.24) is 4.57 Å². The first kappa shape index (κ1) is 18.0. The van der Waals surface area contributed by atoms with Gasteiger partial charge in [-0.2, -0.15) is 13.2 Å². The molecule has 0 amide bonds. The van der Waals surface area contributed by atoms with Gasteiger partial charge in [-0.1, -0.05) is 18.2 Å². The lowest BCUT2D eigenvalue weighted by molar-refractivity contribution is -0.136. The van der Waals surface area contributed by atoms with Crippen LogP contribution in [0.3, 0.4) is 0 Å². The van der Waals surface area contributed by atoms with Gasteiger partial charge in [0.15, 0.2) is 0 Å². The SMILES string of the molecule is Cn1c(=O)cc(C(F)(F)F)c2cc(S(=O)(=O)Nc3ccccc3)ccc21. The average molecular weight is 382 g/mol. The number of anilines is 1. The number of alkyl halides is 3. The van der Waals surface area contributed by atoms with Crippen molar-refractivity contribution in [3.8, 4) is 0 Å². The predicted octanol–water partition coefficient (Wildman–Crippen LogP) is 3.36. The highest BCUT2D eigenvalue weighted by Gasteiger charge is 2.34. The van der Waals surface area contributed by atoms with Crippen LogP contribution in [0.25, 0.3) is 10.9 Å². The van der Waals surface area contributed by atoms with Gasteiger partial charge < -0.3 is 4.57 Å². The van der Waals surface area contributed by atoms with E-state index in [1.165, 1.54) is 25.2 Å². The average Bonchev–Trinajstić information content (AvgIpc) is 2.57. The Kier molecular flexibility index (Phi) is 4.27. The molecular weight excluding hydrogens is 369 g/mol. The van der Waals surface area contributed by atoms with Crippen LogP contribution < -0.4 is 10.3 Å². The van der Waals surface area contributed by atoms with Gasteiger partial charge in [0.25, 0.3) is 15.6 Å². The molecule has 0 saturated heterocycles. The number of aryl methyl sites for hydroxylation is 1. The van der Waals surface area contributed by atoms with E-state index in [0.717, 1.165) is 16.7 Å². The Hall–Kier alpha value is -2.81. The van der Waals surface area contributed by atoms with E-state index in [1.807, 2.05) is 0 Å². The molecule has 3 rings (SSSR count).